The Morgan fingerprint density at radius 2 is 1.62 bits per heavy atom. The van der Waals surface area contributed by atoms with E-state index in [1.807, 2.05) is 30.3 Å². The SMILES string of the molecule is COc1cccc(CC(=O)Nc2ccc(OC)c(NC(=O)c3ccccc3)c2)c1. The van der Waals surface area contributed by atoms with Crippen LogP contribution in [0.25, 0.3) is 0 Å². The van der Waals surface area contributed by atoms with Crippen LogP contribution in [0.5, 0.6) is 11.5 Å². The average Bonchev–Trinajstić information content (AvgIpc) is 2.74. The zero-order chi connectivity index (χ0) is 20.6. The number of hydrogen-bond donors (Lipinski definition) is 2. The second kappa shape index (κ2) is 9.41. The predicted molar refractivity (Wildman–Crippen MR) is 113 cm³/mol. The molecule has 0 spiro atoms. The molecule has 0 aliphatic carbocycles. The van der Waals surface area contributed by atoms with Crippen LogP contribution in [0.3, 0.4) is 0 Å². The molecule has 0 radical (unpaired) electrons. The number of rotatable bonds is 7. The highest BCUT2D eigenvalue weighted by atomic mass is 16.5. The standard InChI is InChI=1S/C23H22N2O4/c1-28-19-10-6-7-16(13-19)14-22(26)24-18-11-12-21(29-2)20(15-18)25-23(27)17-8-4-3-5-9-17/h3-13,15H,14H2,1-2H3,(H,24,26)(H,25,27). The molecule has 2 N–H and O–H groups in total. The van der Waals surface area contributed by atoms with Crippen LogP contribution in [0.2, 0.25) is 0 Å². The molecule has 3 aromatic rings. The molecule has 0 heterocycles. The summed E-state index contributed by atoms with van der Waals surface area (Å²) >= 11 is 0. The van der Waals surface area contributed by atoms with Gasteiger partial charge in [0.1, 0.15) is 11.5 Å². The first kappa shape index (κ1) is 19.9. The third kappa shape index (κ3) is 5.35. The van der Waals surface area contributed by atoms with Gasteiger partial charge in [0.05, 0.1) is 26.3 Å². The third-order valence-corrected chi connectivity index (χ3v) is 4.27. The first-order chi connectivity index (χ1) is 14.1. The minimum atomic E-state index is -0.260. The van der Waals surface area contributed by atoms with Gasteiger partial charge < -0.3 is 20.1 Å². The number of benzene rings is 3. The summed E-state index contributed by atoms with van der Waals surface area (Å²) in [7, 11) is 3.11. The second-order valence-electron chi connectivity index (χ2n) is 6.31. The summed E-state index contributed by atoms with van der Waals surface area (Å²) < 4.78 is 10.5. The van der Waals surface area contributed by atoms with Crippen LogP contribution in [0.1, 0.15) is 15.9 Å². The van der Waals surface area contributed by atoms with Crippen LogP contribution in [-0.4, -0.2) is 26.0 Å². The molecule has 148 valence electrons. The minimum Gasteiger partial charge on any atom is -0.497 e. The predicted octanol–water partition coefficient (Wildman–Crippen LogP) is 4.14. The van der Waals surface area contributed by atoms with Gasteiger partial charge in [0.25, 0.3) is 5.91 Å². The Hall–Kier alpha value is -3.80. The summed E-state index contributed by atoms with van der Waals surface area (Å²) in [6.45, 7) is 0. The fraction of sp³-hybridized carbons (Fsp3) is 0.130. The molecule has 0 atom stereocenters. The highest BCUT2D eigenvalue weighted by Crippen LogP contribution is 2.28. The van der Waals surface area contributed by atoms with Gasteiger partial charge in [0.2, 0.25) is 5.91 Å². The van der Waals surface area contributed by atoms with E-state index in [9.17, 15) is 9.59 Å². The summed E-state index contributed by atoms with van der Waals surface area (Å²) in [5.74, 6) is 0.762. The fourth-order valence-corrected chi connectivity index (χ4v) is 2.84. The number of anilines is 2. The van der Waals surface area contributed by atoms with Gasteiger partial charge in [0, 0.05) is 11.3 Å². The lowest BCUT2D eigenvalue weighted by Crippen LogP contribution is -2.16. The van der Waals surface area contributed by atoms with Crippen molar-refractivity contribution >= 4 is 23.2 Å². The van der Waals surface area contributed by atoms with Crippen LogP contribution >= 0.6 is 0 Å². The van der Waals surface area contributed by atoms with Crippen molar-refractivity contribution in [2.75, 3.05) is 24.9 Å². The van der Waals surface area contributed by atoms with Gasteiger partial charge in [-0.3, -0.25) is 9.59 Å². The van der Waals surface area contributed by atoms with Crippen molar-refractivity contribution in [1.29, 1.82) is 0 Å². The van der Waals surface area contributed by atoms with Crippen molar-refractivity contribution in [3.8, 4) is 11.5 Å². The lowest BCUT2D eigenvalue weighted by molar-refractivity contribution is -0.115. The summed E-state index contributed by atoms with van der Waals surface area (Å²) in [5.41, 5.74) is 2.40. The topological polar surface area (TPSA) is 76.7 Å². The molecular weight excluding hydrogens is 368 g/mol. The van der Waals surface area contributed by atoms with E-state index in [2.05, 4.69) is 10.6 Å². The highest BCUT2D eigenvalue weighted by Gasteiger charge is 2.12. The molecule has 0 unspecified atom stereocenters. The Labute approximate surface area is 169 Å². The summed E-state index contributed by atoms with van der Waals surface area (Å²) in [5, 5.41) is 5.67. The molecule has 29 heavy (non-hydrogen) atoms. The normalized spacial score (nSPS) is 10.1. The van der Waals surface area contributed by atoms with E-state index in [-0.39, 0.29) is 18.2 Å². The number of methoxy groups -OCH3 is 2. The summed E-state index contributed by atoms with van der Waals surface area (Å²) in [6, 6.07) is 21.3. The molecule has 3 rings (SSSR count). The van der Waals surface area contributed by atoms with Crippen LogP contribution in [0.4, 0.5) is 11.4 Å². The van der Waals surface area contributed by atoms with Crippen molar-refractivity contribution < 1.29 is 19.1 Å². The lowest BCUT2D eigenvalue weighted by Gasteiger charge is -2.13. The number of carbonyl (C=O) groups is 2. The van der Waals surface area contributed by atoms with Gasteiger partial charge in [-0.25, -0.2) is 0 Å². The van der Waals surface area contributed by atoms with Crippen molar-refractivity contribution in [3.63, 3.8) is 0 Å². The van der Waals surface area contributed by atoms with E-state index >= 15 is 0 Å². The minimum absolute atomic E-state index is 0.177. The van der Waals surface area contributed by atoms with E-state index in [1.165, 1.54) is 7.11 Å². The molecule has 0 bridgehead atoms. The highest BCUT2D eigenvalue weighted by molar-refractivity contribution is 6.05. The molecular formula is C23H22N2O4. The number of ether oxygens (including phenoxy) is 2. The Kier molecular flexibility index (Phi) is 6.47. The van der Waals surface area contributed by atoms with E-state index in [4.69, 9.17) is 9.47 Å². The number of hydrogen-bond acceptors (Lipinski definition) is 4. The molecule has 0 saturated carbocycles. The van der Waals surface area contributed by atoms with Crippen LogP contribution in [0, 0.1) is 0 Å². The number of carbonyl (C=O) groups excluding carboxylic acids is 2. The monoisotopic (exact) mass is 390 g/mol. The zero-order valence-electron chi connectivity index (χ0n) is 16.3. The Morgan fingerprint density at radius 3 is 2.34 bits per heavy atom. The maximum absolute atomic E-state index is 12.5. The van der Waals surface area contributed by atoms with Gasteiger partial charge in [-0.1, -0.05) is 30.3 Å². The van der Waals surface area contributed by atoms with Gasteiger partial charge in [-0.05, 0) is 48.0 Å². The van der Waals surface area contributed by atoms with Gasteiger partial charge in [-0.15, -0.1) is 0 Å². The fourth-order valence-electron chi connectivity index (χ4n) is 2.84. The molecule has 0 aliphatic heterocycles. The molecule has 6 nitrogen and oxygen atoms in total. The van der Waals surface area contributed by atoms with Crippen molar-refractivity contribution in [1.82, 2.24) is 0 Å². The largest absolute Gasteiger partial charge is 0.497 e. The number of nitrogens with one attached hydrogen (secondary N) is 2. The molecule has 6 heteroatoms. The smallest absolute Gasteiger partial charge is 0.255 e. The lowest BCUT2D eigenvalue weighted by atomic mass is 10.1. The maximum Gasteiger partial charge on any atom is 0.255 e. The van der Waals surface area contributed by atoms with Crippen LogP contribution < -0.4 is 20.1 Å². The molecule has 0 saturated heterocycles. The van der Waals surface area contributed by atoms with Crippen molar-refractivity contribution in [2.45, 2.75) is 6.42 Å². The first-order valence-electron chi connectivity index (χ1n) is 9.06. The Bertz CT molecular complexity index is 1000. The third-order valence-electron chi connectivity index (χ3n) is 4.27. The zero-order valence-corrected chi connectivity index (χ0v) is 16.3. The van der Waals surface area contributed by atoms with Crippen molar-refractivity contribution in [3.05, 3.63) is 83.9 Å². The summed E-state index contributed by atoms with van der Waals surface area (Å²) in [6.07, 6.45) is 0.203. The summed E-state index contributed by atoms with van der Waals surface area (Å²) in [4.78, 5) is 24.9. The van der Waals surface area contributed by atoms with E-state index in [1.54, 1.807) is 49.6 Å². The quantitative estimate of drug-likeness (QED) is 0.636. The van der Waals surface area contributed by atoms with Gasteiger partial charge in [0.15, 0.2) is 0 Å². The average molecular weight is 390 g/mol. The van der Waals surface area contributed by atoms with Gasteiger partial charge >= 0.3 is 0 Å². The first-order valence-corrected chi connectivity index (χ1v) is 9.06. The number of amides is 2. The van der Waals surface area contributed by atoms with Crippen LogP contribution in [0.15, 0.2) is 72.8 Å². The second-order valence-corrected chi connectivity index (χ2v) is 6.31. The van der Waals surface area contributed by atoms with E-state index < -0.39 is 0 Å². The molecule has 0 fully saturated rings. The van der Waals surface area contributed by atoms with Crippen LogP contribution in [-0.2, 0) is 11.2 Å². The molecule has 3 aromatic carbocycles. The molecule has 0 aliphatic rings. The molecule has 2 amide bonds. The Balaban J connectivity index is 1.72. The Morgan fingerprint density at radius 1 is 0.828 bits per heavy atom. The van der Waals surface area contributed by atoms with E-state index in [0.29, 0.717) is 28.4 Å². The molecule has 0 aromatic heterocycles. The van der Waals surface area contributed by atoms with Crippen molar-refractivity contribution in [2.24, 2.45) is 0 Å². The van der Waals surface area contributed by atoms with Gasteiger partial charge in [-0.2, -0.15) is 0 Å². The maximum atomic E-state index is 12.5. The van der Waals surface area contributed by atoms with E-state index in [0.717, 1.165) is 5.56 Å².